The second-order valence-electron chi connectivity index (χ2n) is 5.59. The van der Waals surface area contributed by atoms with Gasteiger partial charge in [-0.3, -0.25) is 0 Å². The van der Waals surface area contributed by atoms with Crippen molar-refractivity contribution in [2.75, 3.05) is 18.2 Å². The van der Waals surface area contributed by atoms with E-state index in [1.165, 1.54) is 28.6 Å². The average molecular weight is 392 g/mol. The molecule has 9 heteroatoms. The predicted octanol–water partition coefficient (Wildman–Crippen LogP) is 3.74. The van der Waals surface area contributed by atoms with Gasteiger partial charge in [0, 0.05) is 11.3 Å². The van der Waals surface area contributed by atoms with Crippen LogP contribution in [-0.4, -0.2) is 33.8 Å². The second-order valence-corrected chi connectivity index (χ2v) is 6.65. The number of aryl methyl sites for hydroxylation is 1. The van der Waals surface area contributed by atoms with E-state index in [9.17, 15) is 8.78 Å². The van der Waals surface area contributed by atoms with Crippen LogP contribution in [0.1, 0.15) is 5.56 Å². The molecule has 0 fully saturated rings. The lowest BCUT2D eigenvalue weighted by molar-refractivity contribution is -0.0498. The highest BCUT2D eigenvalue weighted by atomic mass is 32.2. The highest BCUT2D eigenvalue weighted by molar-refractivity contribution is 7.99. The third-order valence-electron chi connectivity index (χ3n) is 3.57. The lowest BCUT2D eigenvalue weighted by atomic mass is 10.2. The van der Waals surface area contributed by atoms with Crippen LogP contribution in [0.2, 0.25) is 0 Å². The van der Waals surface area contributed by atoms with Crippen molar-refractivity contribution in [3.63, 3.8) is 0 Å². The van der Waals surface area contributed by atoms with Crippen molar-refractivity contribution in [1.29, 1.82) is 0 Å². The highest BCUT2D eigenvalue weighted by Crippen LogP contribution is 2.24. The number of aromatic nitrogens is 3. The molecule has 6 nitrogen and oxygen atoms in total. The summed E-state index contributed by atoms with van der Waals surface area (Å²) in [4.78, 5) is 0. The van der Waals surface area contributed by atoms with Crippen molar-refractivity contribution in [3.8, 4) is 22.9 Å². The zero-order valence-electron chi connectivity index (χ0n) is 14.5. The summed E-state index contributed by atoms with van der Waals surface area (Å²) in [6.07, 6.45) is 0. The molecule has 0 saturated carbocycles. The maximum atomic E-state index is 12.2. The molecular weight excluding hydrogens is 374 g/mol. The smallest absolute Gasteiger partial charge is 0.387 e. The molecule has 0 atom stereocenters. The van der Waals surface area contributed by atoms with E-state index in [1.807, 2.05) is 31.2 Å². The summed E-state index contributed by atoms with van der Waals surface area (Å²) in [5.41, 5.74) is 1.78. The van der Waals surface area contributed by atoms with Crippen LogP contribution in [0.3, 0.4) is 0 Å². The van der Waals surface area contributed by atoms with Gasteiger partial charge in [0.1, 0.15) is 11.5 Å². The van der Waals surface area contributed by atoms with E-state index in [0.717, 1.165) is 11.3 Å². The van der Waals surface area contributed by atoms with Gasteiger partial charge in [0.2, 0.25) is 5.16 Å². The van der Waals surface area contributed by atoms with Gasteiger partial charge in [0.05, 0.1) is 6.61 Å². The van der Waals surface area contributed by atoms with Crippen molar-refractivity contribution in [2.24, 2.45) is 0 Å². The summed E-state index contributed by atoms with van der Waals surface area (Å²) in [7, 11) is 0. The Hall–Kier alpha value is -2.81. The summed E-state index contributed by atoms with van der Waals surface area (Å²) >= 11 is 1.41. The second kappa shape index (κ2) is 8.72. The SMILES string of the molecule is Cc1cccc(OCCSc2nnc(-c3ccc(OC(F)F)cc3)n2N)c1. The zero-order chi connectivity index (χ0) is 19.2. The fraction of sp³-hybridized carbons (Fsp3) is 0.222. The molecule has 0 aliphatic rings. The molecule has 1 heterocycles. The summed E-state index contributed by atoms with van der Waals surface area (Å²) in [5.74, 6) is 8.01. The molecule has 2 N–H and O–H groups in total. The molecule has 142 valence electrons. The van der Waals surface area contributed by atoms with E-state index in [-0.39, 0.29) is 5.75 Å². The molecule has 0 amide bonds. The number of benzene rings is 2. The molecular formula is C18H18F2N4O2S. The van der Waals surface area contributed by atoms with E-state index in [2.05, 4.69) is 14.9 Å². The third kappa shape index (κ3) is 5.10. The molecule has 0 aliphatic heterocycles. The van der Waals surface area contributed by atoms with E-state index in [0.29, 0.717) is 28.9 Å². The van der Waals surface area contributed by atoms with Gasteiger partial charge in [-0.1, -0.05) is 23.9 Å². The topological polar surface area (TPSA) is 75.2 Å². The maximum Gasteiger partial charge on any atom is 0.387 e. The van der Waals surface area contributed by atoms with Crippen LogP contribution in [0.4, 0.5) is 8.78 Å². The molecule has 27 heavy (non-hydrogen) atoms. The van der Waals surface area contributed by atoms with E-state index in [1.54, 1.807) is 12.1 Å². The van der Waals surface area contributed by atoms with Crippen LogP contribution in [-0.2, 0) is 0 Å². The number of halogens is 2. The van der Waals surface area contributed by atoms with Crippen molar-refractivity contribution >= 4 is 11.8 Å². The normalized spacial score (nSPS) is 11.0. The van der Waals surface area contributed by atoms with E-state index >= 15 is 0 Å². The number of nitrogens with zero attached hydrogens (tertiary/aromatic N) is 3. The van der Waals surface area contributed by atoms with Crippen molar-refractivity contribution in [2.45, 2.75) is 18.7 Å². The van der Waals surface area contributed by atoms with Gasteiger partial charge in [-0.05, 0) is 48.9 Å². The zero-order valence-corrected chi connectivity index (χ0v) is 15.3. The summed E-state index contributed by atoms with van der Waals surface area (Å²) in [6, 6.07) is 13.9. The standard InChI is InChI=1S/C18H18F2N4O2S/c1-12-3-2-4-15(11-12)25-9-10-27-18-23-22-16(24(18)21)13-5-7-14(8-6-13)26-17(19)20/h2-8,11,17H,9-10,21H2,1H3. The Labute approximate surface area is 159 Å². The summed E-state index contributed by atoms with van der Waals surface area (Å²) in [6.45, 7) is -0.360. The monoisotopic (exact) mass is 392 g/mol. The Morgan fingerprint density at radius 2 is 1.89 bits per heavy atom. The Morgan fingerprint density at radius 1 is 1.11 bits per heavy atom. The van der Waals surface area contributed by atoms with Gasteiger partial charge in [0.15, 0.2) is 5.82 Å². The van der Waals surface area contributed by atoms with Crippen LogP contribution in [0.5, 0.6) is 11.5 Å². The number of nitrogens with two attached hydrogens (primary N) is 1. The predicted molar refractivity (Wildman–Crippen MR) is 99.6 cm³/mol. The number of nitrogen functional groups attached to an aromatic ring is 1. The molecule has 0 aliphatic carbocycles. The fourth-order valence-corrected chi connectivity index (χ4v) is 3.03. The number of hydrogen-bond acceptors (Lipinski definition) is 6. The van der Waals surface area contributed by atoms with Crippen LogP contribution < -0.4 is 15.3 Å². The van der Waals surface area contributed by atoms with Gasteiger partial charge in [-0.2, -0.15) is 8.78 Å². The average Bonchev–Trinajstić information content (AvgIpc) is 3.00. The summed E-state index contributed by atoms with van der Waals surface area (Å²) in [5, 5.41) is 8.66. The molecule has 2 aromatic carbocycles. The van der Waals surface area contributed by atoms with Crippen molar-refractivity contribution in [1.82, 2.24) is 14.9 Å². The van der Waals surface area contributed by atoms with Crippen LogP contribution in [0, 0.1) is 6.92 Å². The van der Waals surface area contributed by atoms with Gasteiger partial charge >= 0.3 is 6.61 Å². The number of rotatable bonds is 8. The molecule has 0 unspecified atom stereocenters. The molecule has 3 rings (SSSR count). The molecule has 3 aromatic rings. The van der Waals surface area contributed by atoms with Crippen LogP contribution in [0.25, 0.3) is 11.4 Å². The Kier molecular flexibility index (Phi) is 6.12. The van der Waals surface area contributed by atoms with E-state index in [4.69, 9.17) is 10.6 Å². The van der Waals surface area contributed by atoms with Crippen LogP contribution in [0.15, 0.2) is 53.7 Å². The number of ether oxygens (including phenoxy) is 2. The fourth-order valence-electron chi connectivity index (χ4n) is 2.36. The quantitative estimate of drug-likeness (QED) is 0.358. The van der Waals surface area contributed by atoms with Crippen molar-refractivity contribution in [3.05, 3.63) is 54.1 Å². The first-order chi connectivity index (χ1) is 13.0. The summed E-state index contributed by atoms with van der Waals surface area (Å²) < 4.78 is 35.8. The van der Waals surface area contributed by atoms with Gasteiger partial charge in [0.25, 0.3) is 0 Å². The minimum absolute atomic E-state index is 0.0692. The first-order valence-corrected chi connectivity index (χ1v) is 9.09. The van der Waals surface area contributed by atoms with Gasteiger partial charge in [-0.25, -0.2) is 4.68 Å². The maximum absolute atomic E-state index is 12.2. The molecule has 0 spiro atoms. The molecule has 0 bridgehead atoms. The third-order valence-corrected chi connectivity index (χ3v) is 4.48. The van der Waals surface area contributed by atoms with Crippen LogP contribution >= 0.6 is 11.8 Å². The Balaban J connectivity index is 1.56. The largest absolute Gasteiger partial charge is 0.493 e. The van der Waals surface area contributed by atoms with E-state index < -0.39 is 6.61 Å². The van der Waals surface area contributed by atoms with Gasteiger partial charge in [-0.15, -0.1) is 10.2 Å². The lowest BCUT2D eigenvalue weighted by Gasteiger charge is -2.07. The number of thioether (sulfide) groups is 1. The minimum Gasteiger partial charge on any atom is -0.493 e. The molecule has 1 aromatic heterocycles. The first kappa shape index (κ1) is 19.0. The first-order valence-electron chi connectivity index (χ1n) is 8.11. The number of alkyl halides is 2. The van der Waals surface area contributed by atoms with Crippen molar-refractivity contribution < 1.29 is 18.3 Å². The molecule has 0 saturated heterocycles. The lowest BCUT2D eigenvalue weighted by Crippen LogP contribution is -2.12. The number of hydrogen-bond donors (Lipinski definition) is 1. The highest BCUT2D eigenvalue weighted by Gasteiger charge is 2.13. The Bertz CT molecular complexity index is 887. The van der Waals surface area contributed by atoms with Gasteiger partial charge < -0.3 is 15.3 Å². The molecule has 0 radical (unpaired) electrons. The minimum atomic E-state index is -2.86. The Morgan fingerprint density at radius 3 is 2.59 bits per heavy atom.